The second kappa shape index (κ2) is 7.93. The highest BCUT2D eigenvalue weighted by atomic mass is 35.5. The van der Waals surface area contributed by atoms with Crippen LogP contribution in [0.15, 0.2) is 53.4 Å². The Morgan fingerprint density at radius 2 is 1.87 bits per heavy atom. The second-order valence-corrected chi connectivity index (χ2v) is 7.50. The first-order valence-electron chi connectivity index (χ1n) is 7.23. The van der Waals surface area contributed by atoms with Crippen molar-refractivity contribution >= 4 is 21.6 Å². The van der Waals surface area contributed by atoms with Crippen molar-refractivity contribution in [3.63, 3.8) is 0 Å². The van der Waals surface area contributed by atoms with E-state index in [9.17, 15) is 8.42 Å². The van der Waals surface area contributed by atoms with E-state index in [4.69, 9.17) is 16.3 Å². The van der Waals surface area contributed by atoms with Crippen molar-refractivity contribution in [2.75, 3.05) is 13.7 Å². The summed E-state index contributed by atoms with van der Waals surface area (Å²) in [7, 11) is -2.10. The van der Waals surface area contributed by atoms with Gasteiger partial charge in [-0.3, -0.25) is 0 Å². The van der Waals surface area contributed by atoms with Crippen molar-refractivity contribution in [3.8, 4) is 0 Å². The fraction of sp³-hybridized carbons (Fsp3) is 0.294. The van der Waals surface area contributed by atoms with Gasteiger partial charge in [0, 0.05) is 18.2 Å². The second-order valence-electron chi connectivity index (χ2n) is 5.37. The van der Waals surface area contributed by atoms with Gasteiger partial charge >= 0.3 is 0 Å². The first-order chi connectivity index (χ1) is 10.9. The zero-order valence-corrected chi connectivity index (χ0v) is 14.7. The number of hydrogen-bond donors (Lipinski definition) is 1. The van der Waals surface area contributed by atoms with Crippen LogP contribution in [0, 0.1) is 6.92 Å². The topological polar surface area (TPSA) is 55.4 Å². The highest BCUT2D eigenvalue weighted by Crippen LogP contribution is 2.20. The Hall–Kier alpha value is -1.40. The third-order valence-corrected chi connectivity index (χ3v) is 5.39. The zero-order valence-electron chi connectivity index (χ0n) is 13.1. The molecule has 23 heavy (non-hydrogen) atoms. The number of aryl methyl sites for hydroxylation is 1. The molecular weight excluding hydrogens is 334 g/mol. The molecule has 0 radical (unpaired) electrons. The number of rotatable bonds is 7. The molecule has 2 aromatic rings. The number of halogens is 1. The quantitative estimate of drug-likeness (QED) is 0.831. The number of benzene rings is 2. The van der Waals surface area contributed by atoms with Gasteiger partial charge in [-0.25, -0.2) is 13.1 Å². The van der Waals surface area contributed by atoms with Crippen molar-refractivity contribution in [3.05, 3.63) is 64.7 Å². The van der Waals surface area contributed by atoms with E-state index in [1.54, 1.807) is 19.2 Å². The lowest BCUT2D eigenvalue weighted by molar-refractivity contribution is 0.174. The molecule has 0 amide bonds. The average molecular weight is 354 g/mol. The minimum absolute atomic E-state index is 0.155. The summed E-state index contributed by atoms with van der Waals surface area (Å²) in [4.78, 5) is 0.155. The maximum atomic E-state index is 12.5. The van der Waals surface area contributed by atoms with E-state index in [2.05, 4.69) is 4.72 Å². The maximum absolute atomic E-state index is 12.5. The van der Waals surface area contributed by atoms with Crippen LogP contribution in [0.3, 0.4) is 0 Å². The first-order valence-corrected chi connectivity index (χ1v) is 9.10. The predicted molar refractivity (Wildman–Crippen MR) is 92.3 cm³/mol. The van der Waals surface area contributed by atoms with Crippen LogP contribution in [-0.4, -0.2) is 28.2 Å². The third-order valence-electron chi connectivity index (χ3n) is 3.47. The summed E-state index contributed by atoms with van der Waals surface area (Å²) in [5.41, 5.74) is 1.88. The van der Waals surface area contributed by atoms with Crippen molar-refractivity contribution in [2.24, 2.45) is 0 Å². The molecule has 1 N–H and O–H groups in total. The smallest absolute Gasteiger partial charge is 0.240 e. The van der Waals surface area contributed by atoms with Crippen molar-refractivity contribution in [2.45, 2.75) is 24.3 Å². The Morgan fingerprint density at radius 1 is 1.17 bits per heavy atom. The molecule has 0 aliphatic carbocycles. The summed E-state index contributed by atoms with van der Waals surface area (Å²) < 4.78 is 32.9. The van der Waals surface area contributed by atoms with Crippen LogP contribution in [0.4, 0.5) is 0 Å². The fourth-order valence-corrected chi connectivity index (χ4v) is 3.75. The maximum Gasteiger partial charge on any atom is 0.240 e. The summed E-state index contributed by atoms with van der Waals surface area (Å²) in [6, 6.07) is 14.0. The summed E-state index contributed by atoms with van der Waals surface area (Å²) >= 11 is 6.03. The van der Waals surface area contributed by atoms with Crippen LogP contribution in [0.25, 0.3) is 0 Å². The molecule has 0 saturated heterocycles. The van der Waals surface area contributed by atoms with Crippen LogP contribution in [0.2, 0.25) is 5.02 Å². The molecule has 0 aliphatic rings. The molecule has 2 aromatic carbocycles. The van der Waals surface area contributed by atoms with Crippen LogP contribution in [-0.2, 0) is 21.2 Å². The van der Waals surface area contributed by atoms with Crippen LogP contribution in [0.1, 0.15) is 11.1 Å². The molecule has 0 fully saturated rings. The van der Waals surface area contributed by atoms with Gasteiger partial charge in [-0.2, -0.15) is 0 Å². The molecule has 1 unspecified atom stereocenters. The lowest BCUT2D eigenvalue weighted by atomic mass is 10.1. The molecule has 124 valence electrons. The molecule has 0 saturated carbocycles. The molecule has 0 aromatic heterocycles. The van der Waals surface area contributed by atoms with Gasteiger partial charge < -0.3 is 4.74 Å². The highest BCUT2D eigenvalue weighted by Gasteiger charge is 2.21. The zero-order chi connectivity index (χ0) is 16.9. The molecular formula is C17H20ClNO3S. The molecule has 4 nitrogen and oxygen atoms in total. The summed E-state index contributed by atoms with van der Waals surface area (Å²) in [6.45, 7) is 2.11. The average Bonchev–Trinajstić information content (AvgIpc) is 2.51. The standard InChI is InChI=1S/C17H20ClNO3S/c1-13-8-9-16(11-17(13)18)23(20,21)19-15(12-22-2)10-14-6-4-3-5-7-14/h3-9,11,15,19H,10,12H2,1-2H3. The number of nitrogens with one attached hydrogen (secondary N) is 1. The van der Waals surface area contributed by atoms with Crippen LogP contribution < -0.4 is 4.72 Å². The van der Waals surface area contributed by atoms with Crippen LogP contribution in [0.5, 0.6) is 0 Å². The van der Waals surface area contributed by atoms with Crippen LogP contribution >= 0.6 is 11.6 Å². The SMILES string of the molecule is COCC(Cc1ccccc1)NS(=O)(=O)c1ccc(C)c(Cl)c1. The van der Waals surface area contributed by atoms with E-state index >= 15 is 0 Å². The minimum atomic E-state index is -3.66. The molecule has 0 bridgehead atoms. The molecule has 2 rings (SSSR count). The third kappa shape index (κ3) is 5.04. The molecule has 1 atom stereocenters. The monoisotopic (exact) mass is 353 g/mol. The van der Waals surface area contributed by atoms with Crippen molar-refractivity contribution in [1.29, 1.82) is 0 Å². The minimum Gasteiger partial charge on any atom is -0.383 e. The van der Waals surface area contributed by atoms with Crippen molar-refractivity contribution < 1.29 is 13.2 Å². The highest BCUT2D eigenvalue weighted by molar-refractivity contribution is 7.89. The Morgan fingerprint density at radius 3 is 2.48 bits per heavy atom. The van der Waals surface area contributed by atoms with Gasteiger partial charge in [0.25, 0.3) is 0 Å². The summed E-state index contributed by atoms with van der Waals surface area (Å²) in [5.74, 6) is 0. The number of methoxy groups -OCH3 is 1. The number of hydrogen-bond acceptors (Lipinski definition) is 3. The Balaban J connectivity index is 2.18. The Bertz CT molecular complexity index is 748. The van der Waals surface area contributed by atoms with Gasteiger partial charge in [0.2, 0.25) is 10.0 Å². The lowest BCUT2D eigenvalue weighted by Crippen LogP contribution is -2.39. The van der Waals surface area contributed by atoms with E-state index in [1.165, 1.54) is 6.07 Å². The fourth-order valence-electron chi connectivity index (χ4n) is 2.26. The van der Waals surface area contributed by atoms with Gasteiger partial charge in [-0.1, -0.05) is 48.0 Å². The predicted octanol–water partition coefficient (Wildman–Crippen LogP) is 3.18. The summed E-state index contributed by atoms with van der Waals surface area (Å²) in [6.07, 6.45) is 0.549. The largest absolute Gasteiger partial charge is 0.383 e. The number of ether oxygens (including phenoxy) is 1. The van der Waals surface area contributed by atoms with E-state index < -0.39 is 10.0 Å². The van der Waals surface area contributed by atoms with Gasteiger partial charge in [-0.05, 0) is 36.6 Å². The van der Waals surface area contributed by atoms with E-state index in [-0.39, 0.29) is 17.5 Å². The molecule has 0 spiro atoms. The van der Waals surface area contributed by atoms with Crippen molar-refractivity contribution in [1.82, 2.24) is 4.72 Å². The Labute approximate surface area is 142 Å². The van der Waals surface area contributed by atoms with Gasteiger partial charge in [0.1, 0.15) is 0 Å². The Kier molecular flexibility index (Phi) is 6.18. The van der Waals surface area contributed by atoms with Gasteiger partial charge in [0.05, 0.1) is 11.5 Å². The molecule has 6 heteroatoms. The summed E-state index contributed by atoms with van der Waals surface area (Å²) in [5, 5.41) is 0.430. The lowest BCUT2D eigenvalue weighted by Gasteiger charge is -2.18. The van der Waals surface area contributed by atoms with E-state index in [0.29, 0.717) is 11.4 Å². The normalized spacial score (nSPS) is 13.0. The van der Waals surface area contributed by atoms with E-state index in [1.807, 2.05) is 37.3 Å². The van der Waals surface area contributed by atoms with Gasteiger partial charge in [-0.15, -0.1) is 0 Å². The molecule has 0 aliphatic heterocycles. The first kappa shape index (κ1) is 17.9. The van der Waals surface area contributed by atoms with Gasteiger partial charge in [0.15, 0.2) is 0 Å². The number of sulfonamides is 1. The molecule has 0 heterocycles. The van der Waals surface area contributed by atoms with E-state index in [0.717, 1.165) is 11.1 Å².